The maximum absolute atomic E-state index is 12.3. The van der Waals surface area contributed by atoms with Crippen molar-refractivity contribution < 1.29 is 14.4 Å². The topological polar surface area (TPSA) is 66.5 Å². The zero-order valence-corrected chi connectivity index (χ0v) is 15.2. The van der Waals surface area contributed by atoms with Crippen molar-refractivity contribution in [3.05, 3.63) is 62.7 Å². The molecule has 1 fully saturated rings. The summed E-state index contributed by atoms with van der Waals surface area (Å²) >= 11 is 2.35. The fourth-order valence-electron chi connectivity index (χ4n) is 2.24. The van der Waals surface area contributed by atoms with Crippen molar-refractivity contribution in [2.24, 2.45) is 0 Å². The molecule has 0 unspecified atom stereocenters. The highest BCUT2D eigenvalue weighted by atomic mass is 32.2. The molecule has 3 amide bonds. The van der Waals surface area contributed by atoms with E-state index in [1.807, 2.05) is 48.7 Å². The van der Waals surface area contributed by atoms with Gasteiger partial charge in [0.1, 0.15) is 6.54 Å². The number of aryl methyl sites for hydroxylation is 1. The zero-order chi connectivity index (χ0) is 17.8. The van der Waals surface area contributed by atoms with Crippen LogP contribution in [0.25, 0.3) is 6.08 Å². The summed E-state index contributed by atoms with van der Waals surface area (Å²) in [7, 11) is 0. The van der Waals surface area contributed by atoms with Crippen LogP contribution in [-0.4, -0.2) is 28.5 Å². The number of nitrogens with zero attached hydrogens (tertiary/aromatic N) is 1. The Labute approximate surface area is 153 Å². The second-order valence-corrected chi connectivity index (χ2v) is 7.52. The molecule has 1 saturated heterocycles. The lowest BCUT2D eigenvalue weighted by Gasteiger charge is -2.12. The van der Waals surface area contributed by atoms with Crippen LogP contribution < -0.4 is 5.32 Å². The fourth-order valence-corrected chi connectivity index (χ4v) is 3.81. The third-order valence-corrected chi connectivity index (χ3v) is 5.33. The van der Waals surface area contributed by atoms with Gasteiger partial charge in [0.2, 0.25) is 5.91 Å². The summed E-state index contributed by atoms with van der Waals surface area (Å²) in [4.78, 5) is 38.6. The Morgan fingerprint density at radius 1 is 1.20 bits per heavy atom. The molecule has 1 aliphatic heterocycles. The summed E-state index contributed by atoms with van der Waals surface area (Å²) in [6.45, 7) is 2.09. The molecule has 7 heteroatoms. The lowest BCUT2D eigenvalue weighted by molar-refractivity contribution is -0.129. The van der Waals surface area contributed by atoms with E-state index in [-0.39, 0.29) is 12.5 Å². The van der Waals surface area contributed by atoms with Crippen LogP contribution in [0.5, 0.6) is 0 Å². The molecule has 128 valence electrons. The third-order valence-electron chi connectivity index (χ3n) is 3.60. The number of carbonyl (C=O) groups is 3. The summed E-state index contributed by atoms with van der Waals surface area (Å²) in [5.41, 5.74) is 2.11. The van der Waals surface area contributed by atoms with E-state index < -0.39 is 11.1 Å². The minimum Gasteiger partial charge on any atom is -0.350 e. The van der Waals surface area contributed by atoms with Crippen molar-refractivity contribution in [1.29, 1.82) is 0 Å². The SMILES string of the molecule is Cc1ccc(CNC(=O)CN2C(=O)S/C(=C\c3cccs3)C2=O)cc1. The van der Waals surface area contributed by atoms with E-state index in [0.717, 1.165) is 32.7 Å². The van der Waals surface area contributed by atoms with E-state index in [0.29, 0.717) is 11.4 Å². The minimum absolute atomic E-state index is 0.266. The first-order chi connectivity index (χ1) is 12.0. The molecule has 1 aliphatic rings. The highest BCUT2D eigenvalue weighted by molar-refractivity contribution is 8.18. The normalized spacial score (nSPS) is 15.9. The largest absolute Gasteiger partial charge is 0.350 e. The van der Waals surface area contributed by atoms with Crippen molar-refractivity contribution >= 4 is 46.2 Å². The second kappa shape index (κ2) is 7.67. The number of rotatable bonds is 5. The van der Waals surface area contributed by atoms with Crippen LogP contribution in [0.2, 0.25) is 0 Å². The summed E-state index contributed by atoms with van der Waals surface area (Å²) in [5.74, 6) is -0.783. The molecule has 25 heavy (non-hydrogen) atoms. The van der Waals surface area contributed by atoms with Crippen molar-refractivity contribution in [2.75, 3.05) is 6.54 Å². The third kappa shape index (κ3) is 4.37. The highest BCUT2D eigenvalue weighted by Gasteiger charge is 2.36. The van der Waals surface area contributed by atoms with Gasteiger partial charge in [-0.15, -0.1) is 11.3 Å². The molecule has 1 aromatic heterocycles. The molecule has 5 nitrogen and oxygen atoms in total. The lowest BCUT2D eigenvalue weighted by Crippen LogP contribution is -2.39. The summed E-state index contributed by atoms with van der Waals surface area (Å²) < 4.78 is 0. The molecule has 0 aliphatic carbocycles. The number of hydrogen-bond donors (Lipinski definition) is 1. The molecule has 0 spiro atoms. The van der Waals surface area contributed by atoms with E-state index in [2.05, 4.69) is 5.32 Å². The summed E-state index contributed by atoms with van der Waals surface area (Å²) in [5, 5.41) is 4.21. The number of thioether (sulfide) groups is 1. The van der Waals surface area contributed by atoms with Gasteiger partial charge in [-0.2, -0.15) is 0 Å². The van der Waals surface area contributed by atoms with Gasteiger partial charge in [0.25, 0.3) is 11.1 Å². The number of thiophene rings is 1. The van der Waals surface area contributed by atoms with Crippen LogP contribution in [0.15, 0.2) is 46.7 Å². The average Bonchev–Trinajstić information content (AvgIpc) is 3.19. The monoisotopic (exact) mass is 372 g/mol. The van der Waals surface area contributed by atoms with Gasteiger partial charge in [0.15, 0.2) is 0 Å². The van der Waals surface area contributed by atoms with E-state index in [4.69, 9.17) is 0 Å². The first kappa shape index (κ1) is 17.4. The molecular weight excluding hydrogens is 356 g/mol. The Bertz CT molecular complexity index is 827. The van der Waals surface area contributed by atoms with Gasteiger partial charge in [-0.3, -0.25) is 19.3 Å². The first-order valence-electron chi connectivity index (χ1n) is 7.64. The van der Waals surface area contributed by atoms with Crippen LogP contribution in [0, 0.1) is 6.92 Å². The first-order valence-corrected chi connectivity index (χ1v) is 9.33. The Morgan fingerprint density at radius 3 is 2.64 bits per heavy atom. The number of imide groups is 1. The van der Waals surface area contributed by atoms with Gasteiger partial charge in [0, 0.05) is 11.4 Å². The van der Waals surface area contributed by atoms with E-state index in [1.54, 1.807) is 6.08 Å². The highest BCUT2D eigenvalue weighted by Crippen LogP contribution is 2.32. The maximum Gasteiger partial charge on any atom is 0.294 e. The van der Waals surface area contributed by atoms with Crippen LogP contribution in [0.3, 0.4) is 0 Å². The molecule has 1 aromatic carbocycles. The number of nitrogens with one attached hydrogen (secondary N) is 1. The van der Waals surface area contributed by atoms with Gasteiger partial charge in [-0.1, -0.05) is 35.9 Å². The smallest absolute Gasteiger partial charge is 0.294 e. The van der Waals surface area contributed by atoms with E-state index in [9.17, 15) is 14.4 Å². The van der Waals surface area contributed by atoms with Crippen LogP contribution in [0.1, 0.15) is 16.0 Å². The van der Waals surface area contributed by atoms with E-state index in [1.165, 1.54) is 11.3 Å². The average molecular weight is 372 g/mol. The van der Waals surface area contributed by atoms with Gasteiger partial charge >= 0.3 is 0 Å². The molecule has 0 saturated carbocycles. The molecule has 0 radical (unpaired) electrons. The van der Waals surface area contributed by atoms with Gasteiger partial charge < -0.3 is 5.32 Å². The number of hydrogen-bond acceptors (Lipinski definition) is 5. The van der Waals surface area contributed by atoms with Crippen LogP contribution >= 0.6 is 23.1 Å². The Balaban J connectivity index is 1.58. The predicted octanol–water partition coefficient (Wildman–Crippen LogP) is 3.41. The Morgan fingerprint density at radius 2 is 1.96 bits per heavy atom. The van der Waals surface area contributed by atoms with Crippen molar-refractivity contribution in [1.82, 2.24) is 10.2 Å². The van der Waals surface area contributed by atoms with Crippen LogP contribution in [0.4, 0.5) is 4.79 Å². The fraction of sp³-hybridized carbons (Fsp3) is 0.167. The van der Waals surface area contributed by atoms with Gasteiger partial charge in [-0.05, 0) is 41.8 Å². The predicted molar refractivity (Wildman–Crippen MR) is 100 cm³/mol. The number of carbonyl (C=O) groups excluding carboxylic acids is 3. The van der Waals surface area contributed by atoms with Crippen molar-refractivity contribution in [3.63, 3.8) is 0 Å². The second-order valence-electron chi connectivity index (χ2n) is 5.55. The van der Waals surface area contributed by atoms with Gasteiger partial charge in [-0.25, -0.2) is 0 Å². The summed E-state index contributed by atoms with van der Waals surface area (Å²) in [6, 6.07) is 11.5. The zero-order valence-electron chi connectivity index (χ0n) is 13.5. The molecule has 3 rings (SSSR count). The molecular formula is C18H16N2O3S2. The van der Waals surface area contributed by atoms with E-state index >= 15 is 0 Å². The quantitative estimate of drug-likeness (QED) is 0.817. The minimum atomic E-state index is -0.422. The molecule has 0 bridgehead atoms. The molecule has 2 heterocycles. The molecule has 0 atom stereocenters. The Hall–Kier alpha value is -2.38. The summed E-state index contributed by atoms with van der Waals surface area (Å²) in [6.07, 6.45) is 1.68. The van der Waals surface area contributed by atoms with Gasteiger partial charge in [0.05, 0.1) is 4.91 Å². The lowest BCUT2D eigenvalue weighted by atomic mass is 10.1. The Kier molecular flexibility index (Phi) is 5.35. The number of amides is 3. The molecule has 2 aromatic rings. The van der Waals surface area contributed by atoms with Crippen molar-refractivity contribution in [3.8, 4) is 0 Å². The van der Waals surface area contributed by atoms with Crippen molar-refractivity contribution in [2.45, 2.75) is 13.5 Å². The number of benzene rings is 1. The van der Waals surface area contributed by atoms with Crippen LogP contribution in [-0.2, 0) is 16.1 Å². The standard InChI is InChI=1S/C18H16N2O3S2/c1-12-4-6-13(7-5-12)10-19-16(21)11-20-17(22)15(25-18(20)23)9-14-3-2-8-24-14/h2-9H,10-11H2,1H3,(H,19,21)/b15-9-. The maximum atomic E-state index is 12.3. The molecule has 1 N–H and O–H groups in total.